The third kappa shape index (κ3) is 3.71. The SMILES string of the molecule is C[C@H](NC(=O)CN1C(=O)NC2(CCCCC2)C1=O)c1ccc(Br)cc1. The lowest BCUT2D eigenvalue weighted by Gasteiger charge is -2.30. The van der Waals surface area contributed by atoms with Crippen molar-refractivity contribution in [2.45, 2.75) is 50.6 Å². The summed E-state index contributed by atoms with van der Waals surface area (Å²) in [6, 6.07) is 6.98. The lowest BCUT2D eigenvalue weighted by atomic mass is 9.82. The zero-order chi connectivity index (χ0) is 18.0. The van der Waals surface area contributed by atoms with Crippen molar-refractivity contribution in [2.24, 2.45) is 0 Å². The number of rotatable bonds is 4. The Hall–Kier alpha value is -1.89. The van der Waals surface area contributed by atoms with Gasteiger partial charge in [0.05, 0.1) is 6.04 Å². The summed E-state index contributed by atoms with van der Waals surface area (Å²) >= 11 is 3.38. The molecule has 1 atom stereocenters. The molecule has 1 spiro atoms. The number of halogens is 1. The monoisotopic (exact) mass is 407 g/mol. The van der Waals surface area contributed by atoms with E-state index in [9.17, 15) is 14.4 Å². The topological polar surface area (TPSA) is 78.5 Å². The zero-order valence-electron chi connectivity index (χ0n) is 14.2. The van der Waals surface area contributed by atoms with Crippen LogP contribution in [0, 0.1) is 0 Å². The van der Waals surface area contributed by atoms with Crippen LogP contribution in [0.4, 0.5) is 4.79 Å². The molecule has 0 unspecified atom stereocenters. The zero-order valence-corrected chi connectivity index (χ0v) is 15.8. The van der Waals surface area contributed by atoms with E-state index in [1.54, 1.807) is 0 Å². The van der Waals surface area contributed by atoms with Gasteiger partial charge in [0, 0.05) is 4.47 Å². The van der Waals surface area contributed by atoms with Crippen molar-refractivity contribution >= 4 is 33.8 Å². The van der Waals surface area contributed by atoms with Crippen LogP contribution < -0.4 is 10.6 Å². The Kier molecular flexibility index (Phi) is 5.13. The van der Waals surface area contributed by atoms with E-state index in [1.807, 2.05) is 31.2 Å². The molecule has 7 heteroatoms. The maximum absolute atomic E-state index is 12.7. The number of hydrogen-bond donors (Lipinski definition) is 2. The van der Waals surface area contributed by atoms with Gasteiger partial charge in [-0.3, -0.25) is 14.5 Å². The van der Waals surface area contributed by atoms with Gasteiger partial charge in [-0.2, -0.15) is 0 Å². The third-order valence-electron chi connectivity index (χ3n) is 5.00. The van der Waals surface area contributed by atoms with Gasteiger partial charge in [0.15, 0.2) is 0 Å². The van der Waals surface area contributed by atoms with Gasteiger partial charge in [-0.25, -0.2) is 4.79 Å². The van der Waals surface area contributed by atoms with Crippen molar-refractivity contribution in [3.8, 4) is 0 Å². The van der Waals surface area contributed by atoms with Crippen LogP contribution in [0.3, 0.4) is 0 Å². The predicted octanol–water partition coefficient (Wildman–Crippen LogP) is 2.88. The fraction of sp³-hybridized carbons (Fsp3) is 0.500. The molecule has 1 heterocycles. The van der Waals surface area contributed by atoms with Crippen LogP contribution in [0.15, 0.2) is 28.7 Å². The van der Waals surface area contributed by atoms with Gasteiger partial charge in [0.2, 0.25) is 5.91 Å². The highest BCUT2D eigenvalue weighted by Gasteiger charge is 2.51. The quantitative estimate of drug-likeness (QED) is 0.753. The molecule has 25 heavy (non-hydrogen) atoms. The van der Waals surface area contributed by atoms with Crippen LogP contribution in [-0.4, -0.2) is 34.8 Å². The van der Waals surface area contributed by atoms with E-state index in [2.05, 4.69) is 26.6 Å². The van der Waals surface area contributed by atoms with Crippen LogP contribution in [-0.2, 0) is 9.59 Å². The number of nitrogens with one attached hydrogen (secondary N) is 2. The van der Waals surface area contributed by atoms with Gasteiger partial charge in [-0.05, 0) is 37.5 Å². The number of carbonyl (C=O) groups is 3. The summed E-state index contributed by atoms with van der Waals surface area (Å²) in [5.74, 6) is -0.601. The van der Waals surface area contributed by atoms with E-state index in [0.29, 0.717) is 12.8 Å². The van der Waals surface area contributed by atoms with Gasteiger partial charge in [0.25, 0.3) is 5.91 Å². The Labute approximate surface area is 155 Å². The minimum atomic E-state index is -0.785. The summed E-state index contributed by atoms with van der Waals surface area (Å²) in [5, 5.41) is 5.66. The highest BCUT2D eigenvalue weighted by Crippen LogP contribution is 2.33. The number of nitrogens with zero attached hydrogens (tertiary/aromatic N) is 1. The Morgan fingerprint density at radius 2 is 1.88 bits per heavy atom. The molecule has 0 aromatic heterocycles. The summed E-state index contributed by atoms with van der Waals surface area (Å²) in [6.45, 7) is 1.63. The molecular formula is C18H22BrN3O3. The second-order valence-corrected chi connectivity index (χ2v) is 7.72. The molecule has 6 nitrogen and oxygen atoms in total. The molecule has 0 radical (unpaired) electrons. The molecule has 1 saturated carbocycles. The Morgan fingerprint density at radius 3 is 2.52 bits per heavy atom. The molecule has 2 aliphatic rings. The molecule has 3 rings (SSSR count). The third-order valence-corrected chi connectivity index (χ3v) is 5.53. The van der Waals surface area contributed by atoms with Crippen LogP contribution in [0.2, 0.25) is 0 Å². The number of imide groups is 1. The Morgan fingerprint density at radius 1 is 1.24 bits per heavy atom. The normalized spacial score (nSPS) is 20.5. The van der Waals surface area contributed by atoms with Crippen molar-refractivity contribution in [2.75, 3.05) is 6.54 Å². The molecule has 1 saturated heterocycles. The largest absolute Gasteiger partial charge is 0.348 e. The van der Waals surface area contributed by atoms with Gasteiger partial charge in [0.1, 0.15) is 12.1 Å². The number of carbonyl (C=O) groups excluding carboxylic acids is 3. The molecule has 1 aliphatic carbocycles. The van der Waals surface area contributed by atoms with Crippen LogP contribution >= 0.6 is 15.9 Å². The van der Waals surface area contributed by atoms with Gasteiger partial charge >= 0.3 is 6.03 Å². The number of benzene rings is 1. The van der Waals surface area contributed by atoms with Crippen molar-refractivity contribution < 1.29 is 14.4 Å². The van der Waals surface area contributed by atoms with Gasteiger partial charge in [-0.15, -0.1) is 0 Å². The van der Waals surface area contributed by atoms with Gasteiger partial charge < -0.3 is 10.6 Å². The molecular weight excluding hydrogens is 386 g/mol. The van der Waals surface area contributed by atoms with E-state index in [-0.39, 0.29) is 24.4 Å². The number of amides is 4. The predicted molar refractivity (Wildman–Crippen MR) is 96.8 cm³/mol. The second-order valence-electron chi connectivity index (χ2n) is 6.80. The summed E-state index contributed by atoms with van der Waals surface area (Å²) in [4.78, 5) is 38.2. The van der Waals surface area contributed by atoms with E-state index in [1.165, 1.54) is 0 Å². The van der Waals surface area contributed by atoms with Crippen LogP contribution in [0.5, 0.6) is 0 Å². The summed E-state index contributed by atoms with van der Waals surface area (Å²) in [7, 11) is 0. The number of urea groups is 1. The van der Waals surface area contributed by atoms with Crippen molar-refractivity contribution in [1.29, 1.82) is 0 Å². The standard InChI is InChI=1S/C18H22BrN3O3/c1-12(13-5-7-14(19)8-6-13)20-15(23)11-22-16(24)18(21-17(22)25)9-3-2-4-10-18/h5-8,12H,2-4,9-11H2,1H3,(H,20,23)(H,21,25)/t12-/m0/s1. The van der Waals surface area contributed by atoms with Crippen molar-refractivity contribution in [3.05, 3.63) is 34.3 Å². The average molecular weight is 408 g/mol. The van der Waals surface area contributed by atoms with Crippen molar-refractivity contribution in [1.82, 2.24) is 15.5 Å². The maximum atomic E-state index is 12.7. The minimum absolute atomic E-state index is 0.204. The Balaban J connectivity index is 1.61. The molecule has 1 aromatic carbocycles. The highest BCUT2D eigenvalue weighted by molar-refractivity contribution is 9.10. The molecule has 1 aromatic rings. The van der Waals surface area contributed by atoms with E-state index >= 15 is 0 Å². The molecule has 134 valence electrons. The summed E-state index contributed by atoms with van der Waals surface area (Å²) < 4.78 is 0.965. The lowest BCUT2D eigenvalue weighted by molar-refractivity contribution is -0.136. The molecule has 2 fully saturated rings. The van der Waals surface area contributed by atoms with Crippen LogP contribution in [0.25, 0.3) is 0 Å². The first kappa shape index (κ1) is 17.9. The first-order valence-electron chi connectivity index (χ1n) is 8.60. The average Bonchev–Trinajstić information content (AvgIpc) is 2.80. The maximum Gasteiger partial charge on any atom is 0.325 e. The number of hydrogen-bond acceptors (Lipinski definition) is 3. The first-order valence-corrected chi connectivity index (χ1v) is 9.39. The summed E-state index contributed by atoms with van der Waals surface area (Å²) in [5.41, 5.74) is 0.171. The molecule has 2 N–H and O–H groups in total. The first-order chi connectivity index (χ1) is 11.9. The molecule has 1 aliphatic heterocycles. The van der Waals surface area contributed by atoms with Crippen LogP contribution in [0.1, 0.15) is 50.6 Å². The molecule has 0 bridgehead atoms. The van der Waals surface area contributed by atoms with E-state index in [4.69, 9.17) is 0 Å². The molecule has 4 amide bonds. The fourth-order valence-electron chi connectivity index (χ4n) is 3.58. The smallest absolute Gasteiger partial charge is 0.325 e. The van der Waals surface area contributed by atoms with E-state index in [0.717, 1.165) is 34.2 Å². The Bertz CT molecular complexity index is 683. The minimum Gasteiger partial charge on any atom is -0.348 e. The fourth-order valence-corrected chi connectivity index (χ4v) is 3.84. The van der Waals surface area contributed by atoms with Gasteiger partial charge in [-0.1, -0.05) is 47.3 Å². The van der Waals surface area contributed by atoms with E-state index < -0.39 is 11.6 Å². The highest BCUT2D eigenvalue weighted by atomic mass is 79.9. The lowest BCUT2D eigenvalue weighted by Crippen LogP contribution is -2.49. The summed E-state index contributed by atoms with van der Waals surface area (Å²) in [6.07, 6.45) is 4.24. The second kappa shape index (κ2) is 7.15. The van der Waals surface area contributed by atoms with Crippen molar-refractivity contribution in [3.63, 3.8) is 0 Å².